The van der Waals surface area contributed by atoms with Crippen LogP contribution in [0.2, 0.25) is 0 Å². The number of benzene rings is 1. The van der Waals surface area contributed by atoms with Gasteiger partial charge >= 0.3 is 12.1 Å². The third kappa shape index (κ3) is 3.68. The first-order valence-corrected chi connectivity index (χ1v) is 5.34. The Bertz CT molecular complexity index is 519. The second-order valence-corrected chi connectivity index (χ2v) is 3.74. The quantitative estimate of drug-likeness (QED) is 0.795. The minimum Gasteiger partial charge on any atom is -0.331 e. The number of hydrogen-bond donors (Lipinski definition) is 0. The van der Waals surface area contributed by atoms with E-state index in [2.05, 4.69) is 0 Å². The first-order valence-electron chi connectivity index (χ1n) is 5.34. The highest BCUT2D eigenvalue weighted by molar-refractivity contribution is 5.81. The van der Waals surface area contributed by atoms with Crippen LogP contribution in [0.5, 0.6) is 0 Å². The van der Waals surface area contributed by atoms with Crippen molar-refractivity contribution in [3.05, 3.63) is 35.1 Å². The molecule has 0 unspecified atom stereocenters. The van der Waals surface area contributed by atoms with Crippen LogP contribution >= 0.6 is 0 Å². The summed E-state index contributed by atoms with van der Waals surface area (Å²) in [6.07, 6.45) is -4.99. The topological polar surface area (TPSA) is 44.1 Å². The lowest BCUT2D eigenvalue weighted by atomic mass is 10.1. The molecule has 0 aliphatic carbocycles. The van der Waals surface area contributed by atoms with Crippen LogP contribution in [0.3, 0.4) is 0 Å². The van der Waals surface area contributed by atoms with Crippen molar-refractivity contribution in [2.75, 3.05) is 6.54 Å². The molecule has 1 aromatic rings. The summed E-state index contributed by atoms with van der Waals surface area (Å²) in [4.78, 5) is 11.6. The van der Waals surface area contributed by atoms with Gasteiger partial charge in [-0.3, -0.25) is 4.79 Å². The van der Waals surface area contributed by atoms with Gasteiger partial charge in [-0.1, -0.05) is 6.07 Å². The number of hydrogen-bond acceptors (Lipinski definition) is 2. The Labute approximate surface area is 107 Å². The van der Waals surface area contributed by atoms with Crippen molar-refractivity contribution in [3.63, 3.8) is 0 Å². The summed E-state index contributed by atoms with van der Waals surface area (Å²) in [5.41, 5.74) is -0.00936. The van der Waals surface area contributed by atoms with E-state index in [1.54, 1.807) is 6.07 Å². The van der Waals surface area contributed by atoms with Crippen molar-refractivity contribution in [2.45, 2.75) is 19.6 Å². The van der Waals surface area contributed by atoms with E-state index < -0.39 is 24.4 Å². The summed E-state index contributed by atoms with van der Waals surface area (Å²) in [5, 5.41) is 8.55. The molecule has 0 fully saturated rings. The molecule has 0 saturated carbocycles. The standard InChI is InChI=1S/C12H10F4N2O/c1-2-18(11(19)12(14,15)16)7-9-4-3-8(6-17)5-10(9)13/h3-5H,2,7H2,1H3. The Kier molecular flexibility index (Phi) is 4.48. The zero-order valence-electron chi connectivity index (χ0n) is 9.96. The van der Waals surface area contributed by atoms with Gasteiger partial charge in [-0.2, -0.15) is 18.4 Å². The summed E-state index contributed by atoms with van der Waals surface area (Å²) in [5.74, 6) is -2.83. The minimum atomic E-state index is -4.99. The zero-order valence-corrected chi connectivity index (χ0v) is 9.96. The van der Waals surface area contributed by atoms with Gasteiger partial charge in [-0.25, -0.2) is 4.39 Å². The number of carbonyl (C=O) groups excluding carboxylic acids is 1. The van der Waals surface area contributed by atoms with Crippen LogP contribution < -0.4 is 0 Å². The summed E-state index contributed by atoms with van der Waals surface area (Å²) in [6.45, 7) is 0.676. The zero-order chi connectivity index (χ0) is 14.6. The second kappa shape index (κ2) is 5.69. The van der Waals surface area contributed by atoms with Crippen LogP contribution in [-0.2, 0) is 11.3 Å². The number of nitriles is 1. The van der Waals surface area contributed by atoms with E-state index in [-0.39, 0.29) is 17.7 Å². The Morgan fingerprint density at radius 1 is 1.42 bits per heavy atom. The normalized spacial score (nSPS) is 10.9. The molecule has 0 bridgehead atoms. The van der Waals surface area contributed by atoms with Gasteiger partial charge in [0.1, 0.15) is 5.82 Å². The Hall–Kier alpha value is -2.10. The first kappa shape index (κ1) is 15.0. The lowest BCUT2D eigenvalue weighted by molar-refractivity contribution is -0.185. The molecule has 0 heterocycles. The highest BCUT2D eigenvalue weighted by Crippen LogP contribution is 2.21. The monoisotopic (exact) mass is 274 g/mol. The fraction of sp³-hybridized carbons (Fsp3) is 0.333. The highest BCUT2D eigenvalue weighted by atomic mass is 19.4. The molecule has 3 nitrogen and oxygen atoms in total. The molecule has 1 aromatic carbocycles. The van der Waals surface area contributed by atoms with E-state index in [0.29, 0.717) is 4.90 Å². The van der Waals surface area contributed by atoms with Gasteiger partial charge in [0.2, 0.25) is 0 Å². The molecule has 102 valence electrons. The molecule has 0 aromatic heterocycles. The van der Waals surface area contributed by atoms with Crippen molar-refractivity contribution in [1.82, 2.24) is 4.90 Å². The molecule has 0 aliphatic heterocycles. The summed E-state index contributed by atoms with van der Waals surface area (Å²) >= 11 is 0. The van der Waals surface area contributed by atoms with Gasteiger partial charge in [0, 0.05) is 18.7 Å². The Morgan fingerprint density at radius 2 is 2.05 bits per heavy atom. The van der Waals surface area contributed by atoms with Crippen LogP contribution in [0.4, 0.5) is 17.6 Å². The van der Waals surface area contributed by atoms with Gasteiger partial charge in [0.25, 0.3) is 0 Å². The maximum Gasteiger partial charge on any atom is 0.471 e. The number of carbonyl (C=O) groups is 1. The molecular formula is C12H10F4N2O. The van der Waals surface area contributed by atoms with Gasteiger partial charge in [0.15, 0.2) is 0 Å². The van der Waals surface area contributed by atoms with Crippen LogP contribution in [0.15, 0.2) is 18.2 Å². The molecular weight excluding hydrogens is 264 g/mol. The molecule has 7 heteroatoms. The van der Waals surface area contributed by atoms with Crippen molar-refractivity contribution < 1.29 is 22.4 Å². The van der Waals surface area contributed by atoms with Crippen LogP contribution in [0, 0.1) is 17.1 Å². The summed E-state index contributed by atoms with van der Waals surface area (Å²) in [6, 6.07) is 5.10. The predicted octanol–water partition coefficient (Wildman–Crippen LogP) is 2.61. The highest BCUT2D eigenvalue weighted by Gasteiger charge is 2.42. The largest absolute Gasteiger partial charge is 0.471 e. The van der Waals surface area contributed by atoms with E-state index in [4.69, 9.17) is 5.26 Å². The third-order valence-electron chi connectivity index (χ3n) is 2.45. The predicted molar refractivity (Wildman–Crippen MR) is 58.3 cm³/mol. The third-order valence-corrected chi connectivity index (χ3v) is 2.45. The second-order valence-electron chi connectivity index (χ2n) is 3.74. The van der Waals surface area contributed by atoms with Crippen LogP contribution in [0.25, 0.3) is 0 Å². The van der Waals surface area contributed by atoms with Crippen molar-refractivity contribution >= 4 is 5.91 Å². The number of nitrogens with zero attached hydrogens (tertiary/aromatic N) is 2. The molecule has 0 aliphatic rings. The fourth-order valence-corrected chi connectivity index (χ4v) is 1.46. The van der Waals surface area contributed by atoms with Crippen molar-refractivity contribution in [2.24, 2.45) is 0 Å². The fourth-order valence-electron chi connectivity index (χ4n) is 1.46. The molecule has 0 radical (unpaired) electrons. The number of rotatable bonds is 3. The van der Waals surface area contributed by atoms with Crippen LogP contribution in [0.1, 0.15) is 18.1 Å². The lowest BCUT2D eigenvalue weighted by Gasteiger charge is -2.22. The number of halogens is 4. The summed E-state index contributed by atoms with van der Waals surface area (Å²) in [7, 11) is 0. The lowest BCUT2D eigenvalue weighted by Crippen LogP contribution is -2.40. The van der Waals surface area contributed by atoms with E-state index >= 15 is 0 Å². The maximum atomic E-state index is 13.5. The van der Waals surface area contributed by atoms with E-state index in [1.807, 2.05) is 0 Å². The van der Waals surface area contributed by atoms with Crippen LogP contribution in [-0.4, -0.2) is 23.5 Å². The van der Waals surface area contributed by atoms with Gasteiger partial charge in [0.05, 0.1) is 11.6 Å². The van der Waals surface area contributed by atoms with Gasteiger partial charge in [-0.05, 0) is 19.1 Å². The molecule has 0 atom stereocenters. The average molecular weight is 274 g/mol. The molecule has 1 rings (SSSR count). The van der Waals surface area contributed by atoms with Crippen molar-refractivity contribution in [3.8, 4) is 6.07 Å². The molecule has 0 spiro atoms. The molecule has 19 heavy (non-hydrogen) atoms. The Morgan fingerprint density at radius 3 is 2.47 bits per heavy atom. The number of amides is 1. The molecule has 0 saturated heterocycles. The SMILES string of the molecule is CCN(Cc1ccc(C#N)cc1F)C(=O)C(F)(F)F. The van der Waals surface area contributed by atoms with Gasteiger partial charge < -0.3 is 4.90 Å². The smallest absolute Gasteiger partial charge is 0.331 e. The van der Waals surface area contributed by atoms with Crippen molar-refractivity contribution in [1.29, 1.82) is 5.26 Å². The average Bonchev–Trinajstić information content (AvgIpc) is 2.35. The van der Waals surface area contributed by atoms with Gasteiger partial charge in [-0.15, -0.1) is 0 Å². The minimum absolute atomic E-state index is 0.0615. The summed E-state index contributed by atoms with van der Waals surface area (Å²) < 4.78 is 50.4. The molecule has 0 N–H and O–H groups in total. The van der Waals surface area contributed by atoms with E-state index in [0.717, 1.165) is 6.07 Å². The maximum absolute atomic E-state index is 13.5. The van der Waals surface area contributed by atoms with E-state index in [9.17, 15) is 22.4 Å². The first-order chi connectivity index (χ1) is 8.79. The number of alkyl halides is 3. The van der Waals surface area contributed by atoms with E-state index in [1.165, 1.54) is 19.1 Å². The Balaban J connectivity index is 2.94. The molecule has 1 amide bonds.